The summed E-state index contributed by atoms with van der Waals surface area (Å²) in [5, 5.41) is 9.79. The molecule has 0 bridgehead atoms. The van der Waals surface area contributed by atoms with Crippen molar-refractivity contribution in [2.24, 2.45) is 0 Å². The van der Waals surface area contributed by atoms with Gasteiger partial charge in [-0.25, -0.2) is 0 Å². The predicted molar refractivity (Wildman–Crippen MR) is 264 cm³/mol. The minimum absolute atomic E-state index is 1.09. The van der Waals surface area contributed by atoms with Gasteiger partial charge in [0.2, 0.25) is 0 Å². The zero-order chi connectivity index (χ0) is 41.0. The van der Waals surface area contributed by atoms with Crippen molar-refractivity contribution < 1.29 is 0 Å². The van der Waals surface area contributed by atoms with E-state index in [0.717, 1.165) is 28.3 Å². The van der Waals surface area contributed by atoms with Crippen molar-refractivity contribution in [1.82, 2.24) is 4.57 Å². The Kier molecular flexibility index (Phi) is 8.53. The Morgan fingerprint density at radius 1 is 0.290 bits per heavy atom. The summed E-state index contributed by atoms with van der Waals surface area (Å²) in [5.74, 6) is 0. The van der Waals surface area contributed by atoms with Crippen LogP contribution in [-0.4, -0.2) is 4.57 Å². The molecule has 0 amide bonds. The van der Waals surface area contributed by atoms with E-state index in [1.807, 2.05) is 0 Å². The minimum atomic E-state index is 1.09. The maximum absolute atomic E-state index is 2.48. The van der Waals surface area contributed by atoms with Gasteiger partial charge in [0, 0.05) is 27.8 Å². The molecule has 0 N–H and O–H groups in total. The fourth-order valence-electron chi connectivity index (χ4n) is 9.79. The quantitative estimate of drug-likeness (QED) is 0.146. The first kappa shape index (κ1) is 35.7. The van der Waals surface area contributed by atoms with Crippen molar-refractivity contribution in [1.29, 1.82) is 0 Å². The fraction of sp³-hybridized carbons (Fsp3) is 0. The van der Waals surface area contributed by atoms with Crippen LogP contribution in [0.5, 0.6) is 0 Å². The van der Waals surface area contributed by atoms with Crippen LogP contribution in [-0.2, 0) is 0 Å². The standard InChI is InChI=1S/C60H40N2/c1-4-18-41(19-5-1)46-26-16-27-47(38-46)61(56-32-17-33-57-60(56)53-30-14-15-31-55(53)62(57)48-35-34-42-20-10-11-25-45(42)39-48)49-36-37-51-50-28-12-13-29-52(50)58(43-21-6-2-7-22-43)59(54(51)40-49)44-23-8-3-9-24-44/h1-40H. The number of para-hydroxylation sites is 1. The molecule has 12 rings (SSSR count). The van der Waals surface area contributed by atoms with E-state index in [-0.39, 0.29) is 0 Å². The number of fused-ring (bicyclic) bond motifs is 7. The third kappa shape index (κ3) is 5.88. The van der Waals surface area contributed by atoms with Crippen LogP contribution in [0.1, 0.15) is 0 Å². The van der Waals surface area contributed by atoms with Gasteiger partial charge in [-0.05, 0) is 120 Å². The minimum Gasteiger partial charge on any atom is -0.310 e. The maximum atomic E-state index is 2.48. The summed E-state index contributed by atoms with van der Waals surface area (Å²) in [6.45, 7) is 0. The normalized spacial score (nSPS) is 11.5. The number of anilines is 3. The molecule has 0 spiro atoms. The van der Waals surface area contributed by atoms with Gasteiger partial charge < -0.3 is 9.47 Å². The molecule has 290 valence electrons. The highest BCUT2D eigenvalue weighted by molar-refractivity contribution is 6.23. The van der Waals surface area contributed by atoms with Crippen LogP contribution in [0, 0.1) is 0 Å². The Morgan fingerprint density at radius 2 is 0.839 bits per heavy atom. The molecule has 0 aliphatic heterocycles. The highest BCUT2D eigenvalue weighted by atomic mass is 15.1. The van der Waals surface area contributed by atoms with Crippen molar-refractivity contribution in [2.45, 2.75) is 0 Å². The SMILES string of the molecule is c1ccc(-c2cccc(N(c3ccc4c(c3)c(-c3ccccc3)c(-c3ccccc3)c3ccccc34)c3cccc4c3c3ccccc3n4-c3ccc4ccccc4c3)c2)cc1. The maximum Gasteiger partial charge on any atom is 0.0562 e. The van der Waals surface area contributed by atoms with Crippen molar-refractivity contribution in [3.8, 4) is 39.1 Å². The van der Waals surface area contributed by atoms with Gasteiger partial charge >= 0.3 is 0 Å². The smallest absolute Gasteiger partial charge is 0.0562 e. The van der Waals surface area contributed by atoms with Gasteiger partial charge in [-0.3, -0.25) is 0 Å². The van der Waals surface area contributed by atoms with Crippen LogP contribution >= 0.6 is 0 Å². The summed E-state index contributed by atoms with van der Waals surface area (Å²) in [5.41, 5.74) is 14.0. The van der Waals surface area contributed by atoms with Crippen LogP contribution < -0.4 is 4.90 Å². The largest absolute Gasteiger partial charge is 0.310 e. The summed E-state index contributed by atoms with van der Waals surface area (Å²) < 4.78 is 2.44. The number of rotatable bonds is 7. The molecule has 0 aliphatic carbocycles. The number of hydrogen-bond acceptors (Lipinski definition) is 1. The van der Waals surface area contributed by atoms with E-state index in [0.29, 0.717) is 0 Å². The van der Waals surface area contributed by atoms with Gasteiger partial charge in [-0.2, -0.15) is 0 Å². The molecule has 0 aliphatic rings. The van der Waals surface area contributed by atoms with E-state index in [1.165, 1.54) is 82.0 Å². The van der Waals surface area contributed by atoms with E-state index in [1.54, 1.807) is 0 Å². The number of benzene rings is 11. The summed E-state index contributed by atoms with van der Waals surface area (Å²) in [4.78, 5) is 2.48. The Hall–Kier alpha value is -8.20. The van der Waals surface area contributed by atoms with Crippen LogP contribution in [0.4, 0.5) is 17.1 Å². The molecular formula is C60H40N2. The Bertz CT molecular complexity index is 3620. The van der Waals surface area contributed by atoms with Gasteiger partial charge in [0.25, 0.3) is 0 Å². The molecule has 0 fully saturated rings. The van der Waals surface area contributed by atoms with Gasteiger partial charge in [0.1, 0.15) is 0 Å². The molecule has 2 nitrogen and oxygen atoms in total. The molecule has 0 unspecified atom stereocenters. The molecule has 62 heavy (non-hydrogen) atoms. The third-order valence-corrected chi connectivity index (χ3v) is 12.5. The molecule has 11 aromatic carbocycles. The van der Waals surface area contributed by atoms with Gasteiger partial charge in [-0.15, -0.1) is 0 Å². The molecular weight excluding hydrogens is 749 g/mol. The van der Waals surface area contributed by atoms with Crippen LogP contribution in [0.2, 0.25) is 0 Å². The van der Waals surface area contributed by atoms with Crippen LogP contribution in [0.15, 0.2) is 243 Å². The first-order valence-electron chi connectivity index (χ1n) is 21.3. The van der Waals surface area contributed by atoms with E-state index < -0.39 is 0 Å². The predicted octanol–water partition coefficient (Wildman–Crippen LogP) is 16.7. The highest BCUT2D eigenvalue weighted by Gasteiger charge is 2.24. The molecule has 12 aromatic rings. The summed E-state index contributed by atoms with van der Waals surface area (Å²) in [7, 11) is 0. The van der Waals surface area contributed by atoms with E-state index in [4.69, 9.17) is 0 Å². The molecule has 2 heteroatoms. The zero-order valence-corrected chi connectivity index (χ0v) is 34.0. The number of hydrogen-bond donors (Lipinski definition) is 0. The third-order valence-electron chi connectivity index (χ3n) is 12.5. The highest BCUT2D eigenvalue weighted by Crippen LogP contribution is 2.49. The van der Waals surface area contributed by atoms with Crippen LogP contribution in [0.3, 0.4) is 0 Å². The second-order valence-electron chi connectivity index (χ2n) is 16.1. The summed E-state index contributed by atoms with van der Waals surface area (Å²) in [6, 6.07) is 88.6. The van der Waals surface area contributed by atoms with Crippen LogP contribution in [0.25, 0.3) is 93.2 Å². The molecule has 1 heterocycles. The Morgan fingerprint density at radius 3 is 1.60 bits per heavy atom. The van der Waals surface area contributed by atoms with Gasteiger partial charge in [0.15, 0.2) is 0 Å². The second-order valence-corrected chi connectivity index (χ2v) is 16.1. The monoisotopic (exact) mass is 788 g/mol. The lowest BCUT2D eigenvalue weighted by molar-refractivity contribution is 1.18. The molecule has 0 saturated carbocycles. The topological polar surface area (TPSA) is 8.17 Å². The lowest BCUT2D eigenvalue weighted by Crippen LogP contribution is -2.11. The average molecular weight is 789 g/mol. The molecule has 1 aromatic heterocycles. The van der Waals surface area contributed by atoms with E-state index >= 15 is 0 Å². The number of nitrogens with zero attached hydrogens (tertiary/aromatic N) is 2. The average Bonchev–Trinajstić information content (AvgIpc) is 3.69. The lowest BCUT2D eigenvalue weighted by Gasteiger charge is -2.28. The molecule has 0 radical (unpaired) electrons. The van der Waals surface area contributed by atoms with Gasteiger partial charge in [0.05, 0.1) is 16.7 Å². The first-order chi connectivity index (χ1) is 30.8. The Balaban J connectivity index is 1.18. The van der Waals surface area contributed by atoms with E-state index in [2.05, 4.69) is 252 Å². The summed E-state index contributed by atoms with van der Waals surface area (Å²) >= 11 is 0. The molecule has 0 atom stereocenters. The van der Waals surface area contributed by atoms with Crippen molar-refractivity contribution in [2.75, 3.05) is 4.90 Å². The second kappa shape index (κ2) is 14.8. The lowest BCUT2D eigenvalue weighted by atomic mass is 9.85. The number of aromatic nitrogens is 1. The van der Waals surface area contributed by atoms with Crippen molar-refractivity contribution in [3.05, 3.63) is 243 Å². The Labute approximate surface area is 360 Å². The zero-order valence-electron chi connectivity index (χ0n) is 34.0. The first-order valence-corrected chi connectivity index (χ1v) is 21.3. The van der Waals surface area contributed by atoms with Crippen molar-refractivity contribution >= 4 is 71.2 Å². The molecule has 0 saturated heterocycles. The van der Waals surface area contributed by atoms with Crippen molar-refractivity contribution in [3.63, 3.8) is 0 Å². The fourth-order valence-corrected chi connectivity index (χ4v) is 9.79. The summed E-state index contributed by atoms with van der Waals surface area (Å²) in [6.07, 6.45) is 0. The van der Waals surface area contributed by atoms with E-state index in [9.17, 15) is 0 Å². The van der Waals surface area contributed by atoms with Gasteiger partial charge in [-0.1, -0.05) is 188 Å².